The molecule has 174 valence electrons. The molecule has 3 aliphatic rings. The highest BCUT2D eigenvalue weighted by molar-refractivity contribution is 7.98. The second-order valence-electron chi connectivity index (χ2n) is 9.13. The molecule has 2 aromatic carbocycles. The van der Waals surface area contributed by atoms with Crippen LogP contribution in [0.3, 0.4) is 0 Å². The van der Waals surface area contributed by atoms with E-state index in [2.05, 4.69) is 29.3 Å². The number of hydrogen-bond acceptors (Lipinski definition) is 7. The Kier molecular flexibility index (Phi) is 5.64. The zero-order valence-corrected chi connectivity index (χ0v) is 19.6. The third-order valence-corrected chi connectivity index (χ3v) is 8.24. The van der Waals surface area contributed by atoms with Crippen LogP contribution in [0.25, 0.3) is 0 Å². The summed E-state index contributed by atoms with van der Waals surface area (Å²) in [6.45, 7) is 4.03. The molecule has 3 aliphatic heterocycles. The van der Waals surface area contributed by atoms with Crippen LogP contribution in [0.5, 0.6) is 0 Å². The number of benzene rings is 2. The minimum Gasteiger partial charge on any atom is -0.507 e. The van der Waals surface area contributed by atoms with Gasteiger partial charge < -0.3 is 20.2 Å². The Morgan fingerprint density at radius 1 is 1.12 bits per heavy atom. The van der Waals surface area contributed by atoms with Crippen molar-refractivity contribution in [2.75, 3.05) is 26.4 Å². The zero-order valence-electron chi connectivity index (χ0n) is 18.8. The molecule has 0 radical (unpaired) electrons. The maximum Gasteiger partial charge on any atom is 0.276 e. The highest BCUT2D eigenvalue weighted by atomic mass is 32.2. The molecule has 8 heteroatoms. The Balaban J connectivity index is 1.72. The van der Waals surface area contributed by atoms with E-state index >= 15 is 0 Å². The van der Waals surface area contributed by atoms with Crippen molar-refractivity contribution < 1.29 is 20.1 Å². The molecule has 3 unspecified atom stereocenters. The van der Waals surface area contributed by atoms with E-state index in [9.17, 15) is 20.1 Å². The summed E-state index contributed by atoms with van der Waals surface area (Å²) >= 11 is 1.79. The molecule has 5 rings (SSSR count). The van der Waals surface area contributed by atoms with Crippen LogP contribution >= 0.6 is 11.8 Å². The molecule has 2 aromatic rings. The topological polar surface area (TPSA) is 87.5 Å². The number of aliphatic hydroxyl groups excluding tert-OH is 2. The number of fused-ring (bicyclic) bond motifs is 3. The second kappa shape index (κ2) is 8.36. The number of amides is 1. The summed E-state index contributed by atoms with van der Waals surface area (Å²) in [4.78, 5) is 16.1. The van der Waals surface area contributed by atoms with Crippen LogP contribution in [0.1, 0.15) is 36.6 Å². The van der Waals surface area contributed by atoms with Crippen molar-refractivity contribution in [3.63, 3.8) is 0 Å². The van der Waals surface area contributed by atoms with Gasteiger partial charge in [0, 0.05) is 29.7 Å². The first-order valence-electron chi connectivity index (χ1n) is 11.2. The Morgan fingerprint density at radius 2 is 1.82 bits per heavy atom. The van der Waals surface area contributed by atoms with Crippen LogP contribution < -0.4 is 0 Å². The molecular formula is C25H29N3O4S. The van der Waals surface area contributed by atoms with Crippen molar-refractivity contribution >= 4 is 17.7 Å². The number of thioether (sulfide) groups is 1. The van der Waals surface area contributed by atoms with Gasteiger partial charge in [0.25, 0.3) is 5.91 Å². The highest BCUT2D eigenvalue weighted by Gasteiger charge is 2.50. The maximum absolute atomic E-state index is 13.4. The summed E-state index contributed by atoms with van der Waals surface area (Å²) in [6, 6.07) is 16.4. The Morgan fingerprint density at radius 3 is 2.58 bits per heavy atom. The summed E-state index contributed by atoms with van der Waals surface area (Å²) in [5.41, 5.74) is 2.09. The molecule has 1 amide bonds. The van der Waals surface area contributed by atoms with E-state index in [1.165, 1.54) is 15.4 Å². The van der Waals surface area contributed by atoms with Crippen molar-refractivity contribution in [3.05, 3.63) is 76.7 Å². The summed E-state index contributed by atoms with van der Waals surface area (Å²) in [6.07, 6.45) is 0. The molecule has 3 heterocycles. The summed E-state index contributed by atoms with van der Waals surface area (Å²) in [5.74, 6) is -0.153. The van der Waals surface area contributed by atoms with Gasteiger partial charge >= 0.3 is 0 Å². The van der Waals surface area contributed by atoms with E-state index in [0.717, 1.165) is 16.9 Å². The van der Waals surface area contributed by atoms with E-state index in [-0.39, 0.29) is 49.1 Å². The van der Waals surface area contributed by atoms with Crippen molar-refractivity contribution in [1.29, 1.82) is 0 Å². The van der Waals surface area contributed by atoms with Crippen molar-refractivity contribution in [3.8, 4) is 0 Å². The van der Waals surface area contributed by atoms with Crippen molar-refractivity contribution in [2.24, 2.45) is 5.92 Å². The van der Waals surface area contributed by atoms with Crippen LogP contribution in [0, 0.1) is 5.92 Å². The number of hydrogen-bond donors (Lipinski definition) is 3. The van der Waals surface area contributed by atoms with Gasteiger partial charge in [0.05, 0.1) is 19.3 Å². The number of β-amino-alcohol motifs (C(OH)–C–C–N with tert-alkyl or cyclic N) is 1. The Bertz CT molecular complexity index is 1070. The predicted octanol–water partition coefficient (Wildman–Crippen LogP) is 2.86. The van der Waals surface area contributed by atoms with Gasteiger partial charge in [-0.05, 0) is 29.7 Å². The lowest BCUT2D eigenvalue weighted by atomic mass is 9.84. The lowest BCUT2D eigenvalue weighted by Gasteiger charge is -2.53. The van der Waals surface area contributed by atoms with E-state index in [1.807, 2.05) is 36.2 Å². The van der Waals surface area contributed by atoms with Gasteiger partial charge in [-0.1, -0.05) is 49.4 Å². The van der Waals surface area contributed by atoms with Gasteiger partial charge in [0.1, 0.15) is 5.60 Å². The van der Waals surface area contributed by atoms with E-state index in [4.69, 9.17) is 0 Å². The normalized spacial score (nSPS) is 27.7. The van der Waals surface area contributed by atoms with Crippen molar-refractivity contribution in [1.82, 2.24) is 14.9 Å². The van der Waals surface area contributed by atoms with Gasteiger partial charge in [-0.25, -0.2) is 0 Å². The standard InChI is InChI=1S/C25H29N3O4S/c1-16-13-27-22(23(30)25(16,2)32)24(31)26(11-12-29)15-28(27)21-18-8-4-3-7-17(18)14-33-20-10-6-5-9-19(20)21/h3-10,16,21,29-30,32H,11-15H2,1-2H3. The number of rotatable bonds is 3. The predicted molar refractivity (Wildman–Crippen MR) is 126 cm³/mol. The SMILES string of the molecule is CC1CN2C(=C(O)C1(C)O)C(=O)N(CCO)CN2C1c2ccccc2CSc2ccccc21. The molecular weight excluding hydrogens is 438 g/mol. The minimum absolute atomic E-state index is 0.0877. The molecule has 1 fully saturated rings. The van der Waals surface area contributed by atoms with Crippen LogP contribution in [-0.4, -0.2) is 68.1 Å². The largest absolute Gasteiger partial charge is 0.507 e. The highest BCUT2D eigenvalue weighted by Crippen LogP contribution is 2.46. The van der Waals surface area contributed by atoms with Gasteiger partial charge in [0.15, 0.2) is 11.5 Å². The van der Waals surface area contributed by atoms with E-state index in [0.29, 0.717) is 6.54 Å². The first-order valence-corrected chi connectivity index (χ1v) is 12.2. The monoisotopic (exact) mass is 467 g/mol. The third kappa shape index (κ3) is 3.52. The lowest BCUT2D eigenvalue weighted by molar-refractivity contribution is -0.169. The average molecular weight is 468 g/mol. The van der Waals surface area contributed by atoms with Crippen LogP contribution in [-0.2, 0) is 10.5 Å². The quantitative estimate of drug-likeness (QED) is 0.640. The Hall–Kier alpha value is -2.52. The van der Waals surface area contributed by atoms with Gasteiger partial charge in [-0.2, -0.15) is 5.01 Å². The van der Waals surface area contributed by atoms with Gasteiger partial charge in [0.2, 0.25) is 0 Å². The number of carbonyl (C=O) groups is 1. The fraction of sp³-hybridized carbons (Fsp3) is 0.400. The average Bonchev–Trinajstić information content (AvgIpc) is 2.97. The van der Waals surface area contributed by atoms with Crippen LogP contribution in [0.15, 0.2) is 64.9 Å². The number of carbonyl (C=O) groups excluding carboxylic acids is 1. The van der Waals surface area contributed by atoms with Crippen LogP contribution in [0.2, 0.25) is 0 Å². The fourth-order valence-electron chi connectivity index (χ4n) is 4.96. The molecule has 0 bridgehead atoms. The molecule has 0 aromatic heterocycles. The molecule has 3 N–H and O–H groups in total. The summed E-state index contributed by atoms with van der Waals surface area (Å²) in [5, 5.41) is 35.6. The molecule has 0 aliphatic carbocycles. The van der Waals surface area contributed by atoms with Gasteiger partial charge in [-0.15, -0.1) is 11.8 Å². The smallest absolute Gasteiger partial charge is 0.276 e. The molecule has 0 spiro atoms. The van der Waals surface area contributed by atoms with Crippen molar-refractivity contribution in [2.45, 2.75) is 36.1 Å². The zero-order chi connectivity index (χ0) is 23.3. The van der Waals surface area contributed by atoms with Crippen LogP contribution in [0.4, 0.5) is 0 Å². The summed E-state index contributed by atoms with van der Waals surface area (Å²) < 4.78 is 0. The minimum atomic E-state index is -1.51. The Labute approximate surface area is 197 Å². The van der Waals surface area contributed by atoms with Gasteiger partial charge in [-0.3, -0.25) is 9.80 Å². The molecule has 7 nitrogen and oxygen atoms in total. The third-order valence-electron chi connectivity index (χ3n) is 7.10. The van der Waals surface area contributed by atoms with E-state index < -0.39 is 5.60 Å². The fourth-order valence-corrected chi connectivity index (χ4v) is 6.06. The van der Waals surface area contributed by atoms with E-state index in [1.54, 1.807) is 18.7 Å². The molecule has 33 heavy (non-hydrogen) atoms. The number of hydrazine groups is 1. The lowest BCUT2D eigenvalue weighted by Crippen LogP contribution is -2.64. The molecule has 0 saturated carbocycles. The first-order chi connectivity index (χ1) is 15.8. The second-order valence-corrected chi connectivity index (χ2v) is 10.1. The molecule has 1 saturated heterocycles. The summed E-state index contributed by atoms with van der Waals surface area (Å²) in [7, 11) is 0. The molecule has 3 atom stereocenters. The maximum atomic E-state index is 13.4. The number of nitrogens with zero attached hydrogens (tertiary/aromatic N) is 3. The number of aliphatic hydroxyl groups is 3. The first kappa shape index (κ1) is 22.3.